The molecule has 328 valence electrons. The van der Waals surface area contributed by atoms with Crippen molar-refractivity contribution in [2.75, 3.05) is 13.2 Å². The first kappa shape index (κ1) is 39.9. The maximum atomic E-state index is 16.1. The largest absolute Gasteiger partial charge is 0.438 e. The predicted molar refractivity (Wildman–Crippen MR) is 232 cm³/mol. The van der Waals surface area contributed by atoms with Crippen LogP contribution in [0.2, 0.25) is 0 Å². The smallest absolute Gasteiger partial charge is 0.376 e. The van der Waals surface area contributed by atoms with Gasteiger partial charge in [-0.25, -0.2) is 23.1 Å². The number of imidazole rings is 1. The van der Waals surface area contributed by atoms with Crippen molar-refractivity contribution in [2.24, 2.45) is 7.05 Å². The number of aryl methyl sites for hydroxylation is 3. The molecule has 2 atom stereocenters. The number of carbonyl (C=O) groups excluding carboxylic acids is 1. The van der Waals surface area contributed by atoms with Gasteiger partial charge in [-0.2, -0.15) is 10.2 Å². The van der Waals surface area contributed by atoms with Gasteiger partial charge in [-0.1, -0.05) is 11.2 Å². The Morgan fingerprint density at radius 1 is 0.969 bits per heavy atom. The number of nitrogens with zero attached hydrogens (tertiary/aromatic N) is 9. The van der Waals surface area contributed by atoms with E-state index in [0.717, 1.165) is 29.5 Å². The SMILES string of the molecule is Cc1cc(-n2nc3c(c2-n2ccn(-c4ccc5c(cnn5C)c4F)c2=O)[C@H](C)N(C(=O)c2cn4cc([C@@H]5CCOC(C)(C)C5)ccc4c2C2(c4noc(=O)[nH]4)CC2)CC3)cc(C)c1F. The summed E-state index contributed by atoms with van der Waals surface area (Å²) in [7, 11) is 1.72. The molecule has 3 aliphatic rings. The summed E-state index contributed by atoms with van der Waals surface area (Å²) in [5.41, 5.74) is 4.83. The number of fused-ring (bicyclic) bond motifs is 3. The van der Waals surface area contributed by atoms with Gasteiger partial charge in [0.25, 0.3) is 5.91 Å². The molecule has 2 aromatic carbocycles. The van der Waals surface area contributed by atoms with Crippen molar-refractivity contribution in [1.29, 1.82) is 0 Å². The molecule has 1 saturated heterocycles. The minimum Gasteiger partial charge on any atom is -0.376 e. The summed E-state index contributed by atoms with van der Waals surface area (Å²) in [5.74, 6) is -0.871. The second kappa shape index (κ2) is 14.1. The average Bonchev–Trinajstić information content (AvgIpc) is 3.72. The molecule has 0 unspecified atom stereocenters. The molecule has 2 aliphatic heterocycles. The van der Waals surface area contributed by atoms with Gasteiger partial charge in [0, 0.05) is 62.5 Å². The fourth-order valence-corrected chi connectivity index (χ4v) is 10.4. The lowest BCUT2D eigenvalue weighted by molar-refractivity contribution is -0.0593. The Hall–Kier alpha value is -6.88. The number of H-pyrrole nitrogens is 1. The zero-order valence-corrected chi connectivity index (χ0v) is 36.3. The third kappa shape index (κ3) is 5.99. The summed E-state index contributed by atoms with van der Waals surface area (Å²) in [4.78, 5) is 47.0. The lowest BCUT2D eigenvalue weighted by Gasteiger charge is -2.35. The van der Waals surface area contributed by atoms with Crippen LogP contribution < -0.4 is 11.4 Å². The van der Waals surface area contributed by atoms with Gasteiger partial charge in [0.2, 0.25) is 0 Å². The van der Waals surface area contributed by atoms with E-state index < -0.39 is 28.7 Å². The molecule has 0 bridgehead atoms. The Balaban J connectivity index is 1.05. The van der Waals surface area contributed by atoms with Crippen molar-refractivity contribution in [3.05, 3.63) is 145 Å². The summed E-state index contributed by atoms with van der Waals surface area (Å²) >= 11 is 0. The normalized spacial score (nSPS) is 19.2. The molecule has 1 N–H and O–H groups in total. The number of rotatable bonds is 7. The van der Waals surface area contributed by atoms with Crippen LogP contribution in [0.15, 0.2) is 81.5 Å². The third-order valence-electron chi connectivity index (χ3n) is 13.8. The number of hydrogen-bond donors (Lipinski definition) is 1. The number of hydrogen-bond acceptors (Lipinski definition) is 8. The van der Waals surface area contributed by atoms with E-state index >= 15 is 13.6 Å². The van der Waals surface area contributed by atoms with E-state index in [2.05, 4.69) is 47.4 Å². The van der Waals surface area contributed by atoms with E-state index in [4.69, 9.17) is 14.4 Å². The number of benzene rings is 2. The van der Waals surface area contributed by atoms with Crippen molar-refractivity contribution in [3.63, 3.8) is 0 Å². The number of pyridine rings is 1. The van der Waals surface area contributed by atoms with Gasteiger partial charge in [0.1, 0.15) is 11.6 Å². The molecule has 0 radical (unpaired) electrons. The van der Waals surface area contributed by atoms with Crippen LogP contribution in [0.1, 0.15) is 108 Å². The summed E-state index contributed by atoms with van der Waals surface area (Å²) in [6.45, 7) is 10.4. The molecular weight excluding hydrogens is 823 g/mol. The second-order valence-corrected chi connectivity index (χ2v) is 18.3. The highest BCUT2D eigenvalue weighted by atomic mass is 19.1. The monoisotopic (exact) mass is 868 g/mol. The fraction of sp³-hybridized carbons (Fsp3) is 0.362. The Bertz CT molecular complexity index is 3330. The lowest BCUT2D eigenvalue weighted by Crippen LogP contribution is -2.40. The van der Waals surface area contributed by atoms with E-state index in [0.29, 0.717) is 83.2 Å². The lowest BCUT2D eigenvalue weighted by atomic mass is 9.84. The molecule has 0 spiro atoms. The van der Waals surface area contributed by atoms with Crippen LogP contribution in [0.4, 0.5) is 8.78 Å². The van der Waals surface area contributed by atoms with Gasteiger partial charge in [0.15, 0.2) is 11.6 Å². The quantitative estimate of drug-likeness (QED) is 0.179. The highest BCUT2D eigenvalue weighted by Gasteiger charge is 2.53. The number of aromatic nitrogens is 9. The number of halogens is 2. The van der Waals surface area contributed by atoms with Crippen LogP contribution in [0, 0.1) is 25.5 Å². The molecule has 15 nitrogen and oxygen atoms in total. The first-order chi connectivity index (χ1) is 30.6. The average molecular weight is 869 g/mol. The number of carbonyl (C=O) groups is 1. The van der Waals surface area contributed by atoms with Gasteiger partial charge in [-0.3, -0.25) is 28.1 Å². The molecule has 1 amide bonds. The van der Waals surface area contributed by atoms with Crippen LogP contribution >= 0.6 is 0 Å². The maximum absolute atomic E-state index is 16.1. The molecule has 1 saturated carbocycles. The van der Waals surface area contributed by atoms with Crippen LogP contribution in [-0.4, -0.2) is 72.8 Å². The highest BCUT2D eigenvalue weighted by molar-refractivity contribution is 5.99. The molecule has 6 aromatic heterocycles. The van der Waals surface area contributed by atoms with Gasteiger partial charge < -0.3 is 14.0 Å². The minimum absolute atomic E-state index is 0.0435. The summed E-state index contributed by atoms with van der Waals surface area (Å²) in [5, 5.41) is 13.7. The Labute approximate surface area is 364 Å². The van der Waals surface area contributed by atoms with Crippen LogP contribution in [-0.2, 0) is 23.6 Å². The van der Waals surface area contributed by atoms with E-state index in [-0.39, 0.29) is 34.3 Å². The molecule has 8 heterocycles. The maximum Gasteiger partial charge on any atom is 0.438 e. The predicted octanol–water partition coefficient (Wildman–Crippen LogP) is 7.04. The molecular formula is C47H46F2N10O5. The van der Waals surface area contributed by atoms with E-state index in [1.807, 2.05) is 17.5 Å². The van der Waals surface area contributed by atoms with Crippen molar-refractivity contribution >= 4 is 22.3 Å². The first-order valence-electron chi connectivity index (χ1n) is 21.6. The first-order valence-corrected chi connectivity index (χ1v) is 21.6. The minimum atomic E-state index is -0.753. The Kier molecular flexibility index (Phi) is 8.77. The van der Waals surface area contributed by atoms with Gasteiger partial charge in [0.05, 0.1) is 62.3 Å². The molecule has 17 heteroatoms. The zero-order chi connectivity index (χ0) is 44.6. The zero-order valence-electron chi connectivity index (χ0n) is 36.3. The van der Waals surface area contributed by atoms with Crippen molar-refractivity contribution < 1.29 is 22.8 Å². The van der Waals surface area contributed by atoms with Gasteiger partial charge in [-0.05, 0) is 113 Å². The molecule has 11 rings (SSSR count). The highest BCUT2D eigenvalue weighted by Crippen LogP contribution is 2.55. The summed E-state index contributed by atoms with van der Waals surface area (Å²) < 4.78 is 50.1. The Morgan fingerprint density at radius 2 is 1.72 bits per heavy atom. The fourth-order valence-electron chi connectivity index (χ4n) is 10.4. The van der Waals surface area contributed by atoms with Crippen LogP contribution in [0.3, 0.4) is 0 Å². The summed E-state index contributed by atoms with van der Waals surface area (Å²) in [6, 6.07) is 10.2. The summed E-state index contributed by atoms with van der Waals surface area (Å²) in [6.07, 6.45) is 11.8. The van der Waals surface area contributed by atoms with Crippen LogP contribution in [0.25, 0.3) is 33.6 Å². The molecule has 64 heavy (non-hydrogen) atoms. The van der Waals surface area contributed by atoms with Gasteiger partial charge >= 0.3 is 11.4 Å². The van der Waals surface area contributed by atoms with E-state index in [9.17, 15) is 9.59 Å². The number of nitrogens with one attached hydrogen (secondary N) is 1. The number of amides is 1. The van der Waals surface area contributed by atoms with E-state index in [1.54, 1.807) is 65.6 Å². The van der Waals surface area contributed by atoms with Crippen molar-refractivity contribution in [1.82, 2.24) is 48.1 Å². The van der Waals surface area contributed by atoms with E-state index in [1.165, 1.54) is 21.5 Å². The molecule has 8 aromatic rings. The van der Waals surface area contributed by atoms with Crippen molar-refractivity contribution in [2.45, 2.75) is 89.7 Å². The number of ether oxygens (including phenoxy) is 1. The van der Waals surface area contributed by atoms with Crippen LogP contribution in [0.5, 0.6) is 0 Å². The molecule has 1 aliphatic carbocycles. The molecule has 2 fully saturated rings. The second-order valence-electron chi connectivity index (χ2n) is 18.3. The number of aromatic amines is 1. The third-order valence-corrected chi connectivity index (χ3v) is 13.8. The van der Waals surface area contributed by atoms with Gasteiger partial charge in [-0.15, -0.1) is 0 Å². The topological polar surface area (TPSA) is 155 Å². The standard InChI is InChI=1S/C47H46F2N10O5/c1-25-19-30(20-26(2)39(25)48)59-41(58-17-16-57(45(58)62)36-10-9-34-31(40(36)49)22-50-54(34)6)37-27(3)56(15-11-33(37)52-59)42(60)32-24-55-23-29(28-12-18-63-46(4,5)21-28)7-8-35(55)38(32)47(13-14-47)43-51-44(61)64-53-43/h7-10,16-17,19-20,22-24,27-28H,11-15,18,21H2,1-6H3,(H,51,53,61)/t27-,28+/m0/s1. The Morgan fingerprint density at radius 3 is 2.44 bits per heavy atom. The van der Waals surface area contributed by atoms with Crippen molar-refractivity contribution in [3.8, 4) is 17.2 Å².